The number of amides is 1. The summed E-state index contributed by atoms with van der Waals surface area (Å²) in [4.78, 5) is 15.8. The van der Waals surface area contributed by atoms with Gasteiger partial charge in [-0.1, -0.05) is 6.07 Å². The Balaban J connectivity index is 1.37. The largest absolute Gasteiger partial charge is 0.454 e. The van der Waals surface area contributed by atoms with Gasteiger partial charge in [0.25, 0.3) is 0 Å². The lowest BCUT2D eigenvalue weighted by atomic mass is 9.96. The molecule has 1 aromatic carbocycles. The van der Waals surface area contributed by atoms with Gasteiger partial charge in [0.1, 0.15) is 17.3 Å². The van der Waals surface area contributed by atoms with Crippen molar-refractivity contribution in [2.75, 3.05) is 18.5 Å². The highest BCUT2D eigenvalue weighted by Crippen LogP contribution is 2.40. The number of nitrogens with one attached hydrogen (secondary N) is 1. The van der Waals surface area contributed by atoms with Gasteiger partial charge in [-0.15, -0.1) is 0 Å². The number of primary amides is 1. The second-order valence-electron chi connectivity index (χ2n) is 8.03. The van der Waals surface area contributed by atoms with E-state index in [1.54, 1.807) is 24.4 Å². The van der Waals surface area contributed by atoms with E-state index in [0.29, 0.717) is 29.1 Å². The number of rotatable bonds is 7. The summed E-state index contributed by atoms with van der Waals surface area (Å²) in [7, 11) is 0. The molecule has 3 heterocycles. The summed E-state index contributed by atoms with van der Waals surface area (Å²) >= 11 is 0. The molecule has 8 heteroatoms. The standard InChI is InChI=1S/C23H25N5O3/c24-23(29)16-2-1-3-17(12-16)26-21-13-19(6-9-25-21)31-20-14-28(18-4-5-18)27-22(20)15-7-10-30-11-8-15/h1-3,6,9,12-15,18H,4-5,7-8,10-11H2,(H2,24,29)(H,25,26). The van der Waals surface area contributed by atoms with E-state index in [1.807, 2.05) is 24.4 Å². The topological polar surface area (TPSA) is 104 Å². The summed E-state index contributed by atoms with van der Waals surface area (Å²) in [6.07, 6.45) is 7.96. The molecule has 0 radical (unpaired) electrons. The van der Waals surface area contributed by atoms with E-state index in [0.717, 1.165) is 43.2 Å². The molecule has 2 fully saturated rings. The molecule has 3 aromatic rings. The molecule has 1 aliphatic heterocycles. The summed E-state index contributed by atoms with van der Waals surface area (Å²) in [5.41, 5.74) is 7.54. The Morgan fingerprint density at radius 2 is 2.00 bits per heavy atom. The Bertz CT molecular complexity index is 1090. The lowest BCUT2D eigenvalue weighted by molar-refractivity contribution is 0.0839. The monoisotopic (exact) mass is 419 g/mol. The zero-order valence-electron chi connectivity index (χ0n) is 17.2. The summed E-state index contributed by atoms with van der Waals surface area (Å²) in [5, 5.41) is 8.07. The van der Waals surface area contributed by atoms with Crippen molar-refractivity contribution in [3.8, 4) is 11.5 Å². The van der Waals surface area contributed by atoms with Crippen LogP contribution in [-0.2, 0) is 4.74 Å². The minimum Gasteiger partial charge on any atom is -0.454 e. The van der Waals surface area contributed by atoms with Gasteiger partial charge >= 0.3 is 0 Å². The number of nitrogens with zero attached hydrogens (tertiary/aromatic N) is 3. The van der Waals surface area contributed by atoms with Gasteiger partial charge < -0.3 is 20.5 Å². The lowest BCUT2D eigenvalue weighted by Gasteiger charge is -2.21. The molecule has 1 aliphatic carbocycles. The first-order valence-electron chi connectivity index (χ1n) is 10.6. The third-order valence-corrected chi connectivity index (χ3v) is 5.63. The molecule has 3 N–H and O–H groups in total. The van der Waals surface area contributed by atoms with Crippen molar-refractivity contribution in [2.24, 2.45) is 5.73 Å². The van der Waals surface area contributed by atoms with Crippen molar-refractivity contribution in [1.82, 2.24) is 14.8 Å². The van der Waals surface area contributed by atoms with E-state index in [9.17, 15) is 4.79 Å². The molecule has 2 aromatic heterocycles. The maximum absolute atomic E-state index is 11.4. The predicted molar refractivity (Wildman–Crippen MR) is 116 cm³/mol. The average molecular weight is 419 g/mol. The molecule has 160 valence electrons. The van der Waals surface area contributed by atoms with E-state index in [1.165, 1.54) is 12.8 Å². The van der Waals surface area contributed by atoms with E-state index in [2.05, 4.69) is 15.0 Å². The first-order chi connectivity index (χ1) is 15.2. The van der Waals surface area contributed by atoms with Crippen molar-refractivity contribution in [2.45, 2.75) is 37.6 Å². The van der Waals surface area contributed by atoms with Crippen molar-refractivity contribution in [3.05, 3.63) is 60.0 Å². The molecule has 0 spiro atoms. The van der Waals surface area contributed by atoms with Crippen LogP contribution < -0.4 is 15.8 Å². The Labute approximate surface area is 180 Å². The van der Waals surface area contributed by atoms with Gasteiger partial charge in [0.15, 0.2) is 5.75 Å². The summed E-state index contributed by atoms with van der Waals surface area (Å²) in [6, 6.07) is 11.1. The van der Waals surface area contributed by atoms with Crippen LogP contribution in [0.4, 0.5) is 11.5 Å². The molecule has 0 atom stereocenters. The first-order valence-corrected chi connectivity index (χ1v) is 10.6. The fourth-order valence-corrected chi connectivity index (χ4v) is 3.82. The third kappa shape index (κ3) is 4.54. The van der Waals surface area contributed by atoms with Crippen LogP contribution in [-0.4, -0.2) is 33.9 Å². The minimum absolute atomic E-state index is 0.347. The van der Waals surface area contributed by atoms with Crippen molar-refractivity contribution in [1.29, 1.82) is 0 Å². The minimum atomic E-state index is -0.470. The van der Waals surface area contributed by atoms with Crippen LogP contribution >= 0.6 is 0 Å². The number of benzene rings is 1. The Morgan fingerprint density at radius 3 is 2.77 bits per heavy atom. The number of hydrogen-bond donors (Lipinski definition) is 2. The van der Waals surface area contributed by atoms with Crippen molar-refractivity contribution < 1.29 is 14.3 Å². The number of ether oxygens (including phenoxy) is 2. The molecule has 0 unspecified atom stereocenters. The van der Waals surface area contributed by atoms with Crippen LogP contribution in [0, 0.1) is 0 Å². The number of nitrogens with two attached hydrogens (primary N) is 1. The molecule has 2 aliphatic rings. The fourth-order valence-electron chi connectivity index (χ4n) is 3.82. The third-order valence-electron chi connectivity index (χ3n) is 5.63. The van der Waals surface area contributed by atoms with Gasteiger partial charge in [-0.3, -0.25) is 9.48 Å². The smallest absolute Gasteiger partial charge is 0.248 e. The summed E-state index contributed by atoms with van der Waals surface area (Å²) in [5.74, 6) is 1.96. The second kappa shape index (κ2) is 8.39. The molecular weight excluding hydrogens is 394 g/mol. The van der Waals surface area contributed by atoms with Crippen molar-refractivity contribution >= 4 is 17.4 Å². The maximum atomic E-state index is 11.4. The van der Waals surface area contributed by atoms with Gasteiger partial charge in [0.05, 0.1) is 12.2 Å². The quantitative estimate of drug-likeness (QED) is 0.596. The zero-order chi connectivity index (χ0) is 21.2. The molecular formula is C23H25N5O3. The molecule has 1 saturated heterocycles. The van der Waals surface area contributed by atoms with Gasteiger partial charge in [0, 0.05) is 42.6 Å². The Kier molecular flexibility index (Phi) is 5.30. The SMILES string of the molecule is NC(=O)c1cccc(Nc2cc(Oc3cn(C4CC4)nc3C3CCOCC3)ccn2)c1. The Morgan fingerprint density at radius 1 is 1.16 bits per heavy atom. The molecule has 5 rings (SSSR count). The number of carbonyl (C=O) groups excluding carboxylic acids is 1. The highest BCUT2D eigenvalue weighted by molar-refractivity contribution is 5.93. The predicted octanol–water partition coefficient (Wildman–Crippen LogP) is 4.14. The van der Waals surface area contributed by atoms with Gasteiger partial charge in [-0.05, 0) is 49.9 Å². The number of carbonyl (C=O) groups is 1. The van der Waals surface area contributed by atoms with E-state index >= 15 is 0 Å². The molecule has 0 bridgehead atoms. The summed E-state index contributed by atoms with van der Waals surface area (Å²) in [6.45, 7) is 1.52. The molecule has 8 nitrogen and oxygen atoms in total. The van der Waals surface area contributed by atoms with Crippen LogP contribution in [0.15, 0.2) is 48.8 Å². The maximum Gasteiger partial charge on any atom is 0.248 e. The fraction of sp³-hybridized carbons (Fsp3) is 0.348. The van der Waals surface area contributed by atoms with Gasteiger partial charge in [0.2, 0.25) is 5.91 Å². The summed E-state index contributed by atoms with van der Waals surface area (Å²) < 4.78 is 13.9. The van der Waals surface area contributed by atoms with Crippen LogP contribution in [0.1, 0.15) is 53.7 Å². The lowest BCUT2D eigenvalue weighted by Crippen LogP contribution is -2.15. The highest BCUT2D eigenvalue weighted by Gasteiger charge is 2.29. The van der Waals surface area contributed by atoms with Crippen LogP contribution in [0.2, 0.25) is 0 Å². The second-order valence-corrected chi connectivity index (χ2v) is 8.03. The number of hydrogen-bond acceptors (Lipinski definition) is 6. The van der Waals surface area contributed by atoms with Crippen LogP contribution in [0.3, 0.4) is 0 Å². The van der Waals surface area contributed by atoms with E-state index in [-0.39, 0.29) is 0 Å². The molecule has 1 amide bonds. The number of pyridine rings is 1. The molecule has 1 saturated carbocycles. The molecule has 31 heavy (non-hydrogen) atoms. The highest BCUT2D eigenvalue weighted by atomic mass is 16.5. The van der Waals surface area contributed by atoms with Gasteiger partial charge in [-0.2, -0.15) is 5.10 Å². The Hall–Kier alpha value is -3.39. The van der Waals surface area contributed by atoms with Crippen LogP contribution in [0.5, 0.6) is 11.5 Å². The number of aromatic nitrogens is 3. The zero-order valence-corrected chi connectivity index (χ0v) is 17.2. The van der Waals surface area contributed by atoms with Gasteiger partial charge in [-0.25, -0.2) is 4.98 Å². The van der Waals surface area contributed by atoms with Crippen LogP contribution in [0.25, 0.3) is 0 Å². The van der Waals surface area contributed by atoms with E-state index < -0.39 is 5.91 Å². The van der Waals surface area contributed by atoms with Crippen molar-refractivity contribution in [3.63, 3.8) is 0 Å². The van der Waals surface area contributed by atoms with E-state index in [4.69, 9.17) is 20.3 Å². The normalized spacial score (nSPS) is 16.8. The average Bonchev–Trinajstić information content (AvgIpc) is 3.55. The number of anilines is 2. The first kappa shape index (κ1) is 19.6.